The molecule has 1 aromatic carbocycles. The molecule has 0 saturated heterocycles. The number of benzene rings is 1. The fourth-order valence-corrected chi connectivity index (χ4v) is 2.42. The molecule has 106 valence electrons. The highest BCUT2D eigenvalue weighted by molar-refractivity contribution is 6.29. The van der Waals surface area contributed by atoms with Crippen LogP contribution in [0.1, 0.15) is 24.5 Å². The van der Waals surface area contributed by atoms with Gasteiger partial charge in [-0.2, -0.15) is 10.1 Å². The first-order valence-corrected chi connectivity index (χ1v) is 7.16. The van der Waals surface area contributed by atoms with E-state index in [1.165, 1.54) is 10.6 Å². The van der Waals surface area contributed by atoms with Crippen LogP contribution in [-0.4, -0.2) is 16.6 Å². The number of nitrogens with zero attached hydrogens (tertiary/aromatic N) is 3. The van der Waals surface area contributed by atoms with E-state index < -0.39 is 0 Å². The summed E-state index contributed by atoms with van der Waals surface area (Å²) < 4.78 is 0. The molecule has 1 aromatic heterocycles. The van der Waals surface area contributed by atoms with E-state index in [4.69, 9.17) is 11.6 Å². The van der Waals surface area contributed by atoms with E-state index >= 15 is 0 Å². The van der Waals surface area contributed by atoms with Crippen LogP contribution in [0.5, 0.6) is 0 Å². The molecular formula is C16H14ClN3O. The van der Waals surface area contributed by atoms with E-state index in [1.807, 2.05) is 12.1 Å². The standard InChI is InChI=1S/C16H14ClN3O/c1-2-11-3-5-12(6-4-11)14-10-16(21)20(19-14)13-7-8-18-15(17)9-13/h3-9H,2,10H2,1H3. The minimum absolute atomic E-state index is 0.0631. The zero-order valence-corrected chi connectivity index (χ0v) is 12.3. The molecule has 0 N–H and O–H groups in total. The Morgan fingerprint density at radius 3 is 2.67 bits per heavy atom. The Kier molecular flexibility index (Phi) is 3.71. The summed E-state index contributed by atoms with van der Waals surface area (Å²) in [5.41, 5.74) is 3.65. The molecule has 5 heteroatoms. The van der Waals surface area contributed by atoms with Crippen molar-refractivity contribution in [2.75, 3.05) is 5.01 Å². The Morgan fingerprint density at radius 2 is 2.00 bits per heavy atom. The van der Waals surface area contributed by atoms with Gasteiger partial charge in [-0.1, -0.05) is 42.8 Å². The van der Waals surface area contributed by atoms with Gasteiger partial charge in [0.15, 0.2) is 0 Å². The first-order valence-electron chi connectivity index (χ1n) is 6.78. The number of hydrazone groups is 1. The van der Waals surface area contributed by atoms with Gasteiger partial charge in [-0.05, 0) is 23.6 Å². The van der Waals surface area contributed by atoms with Gasteiger partial charge in [-0.15, -0.1) is 0 Å². The molecule has 0 fully saturated rings. The molecule has 0 atom stereocenters. The number of carbonyl (C=O) groups is 1. The zero-order chi connectivity index (χ0) is 14.8. The van der Waals surface area contributed by atoms with Crippen LogP contribution in [0.3, 0.4) is 0 Å². The third kappa shape index (κ3) is 2.81. The fraction of sp³-hybridized carbons (Fsp3) is 0.188. The molecule has 1 aliphatic heterocycles. The van der Waals surface area contributed by atoms with Crippen LogP contribution in [0.15, 0.2) is 47.7 Å². The van der Waals surface area contributed by atoms with E-state index in [2.05, 4.69) is 29.1 Å². The van der Waals surface area contributed by atoms with Gasteiger partial charge in [-0.25, -0.2) is 4.98 Å². The summed E-state index contributed by atoms with van der Waals surface area (Å²) >= 11 is 5.86. The second-order valence-corrected chi connectivity index (χ2v) is 5.20. The highest BCUT2D eigenvalue weighted by Gasteiger charge is 2.26. The second-order valence-electron chi connectivity index (χ2n) is 4.82. The van der Waals surface area contributed by atoms with Crippen LogP contribution < -0.4 is 5.01 Å². The normalized spacial score (nSPS) is 14.5. The van der Waals surface area contributed by atoms with Crippen molar-refractivity contribution < 1.29 is 4.79 Å². The second kappa shape index (κ2) is 5.66. The summed E-state index contributed by atoms with van der Waals surface area (Å²) in [5, 5.41) is 6.15. The third-order valence-corrected chi connectivity index (χ3v) is 3.63. The summed E-state index contributed by atoms with van der Waals surface area (Å²) in [4.78, 5) is 16.1. The molecule has 4 nitrogen and oxygen atoms in total. The van der Waals surface area contributed by atoms with E-state index in [-0.39, 0.29) is 5.91 Å². The lowest BCUT2D eigenvalue weighted by Crippen LogP contribution is -2.19. The van der Waals surface area contributed by atoms with Crippen molar-refractivity contribution in [1.82, 2.24) is 4.98 Å². The number of aromatic nitrogens is 1. The lowest BCUT2D eigenvalue weighted by atomic mass is 10.0. The van der Waals surface area contributed by atoms with Crippen LogP contribution >= 0.6 is 11.6 Å². The van der Waals surface area contributed by atoms with Crippen LogP contribution in [0.2, 0.25) is 5.15 Å². The van der Waals surface area contributed by atoms with Crippen molar-refractivity contribution in [2.45, 2.75) is 19.8 Å². The zero-order valence-electron chi connectivity index (χ0n) is 11.6. The van der Waals surface area contributed by atoms with E-state index in [1.54, 1.807) is 18.3 Å². The van der Waals surface area contributed by atoms with E-state index in [9.17, 15) is 4.79 Å². The Morgan fingerprint density at radius 1 is 1.24 bits per heavy atom. The van der Waals surface area contributed by atoms with Gasteiger partial charge in [0.2, 0.25) is 0 Å². The minimum atomic E-state index is -0.0631. The smallest absolute Gasteiger partial charge is 0.253 e. The predicted molar refractivity (Wildman–Crippen MR) is 83.7 cm³/mol. The van der Waals surface area contributed by atoms with Gasteiger partial charge < -0.3 is 0 Å². The molecular weight excluding hydrogens is 286 g/mol. The number of hydrogen-bond acceptors (Lipinski definition) is 3. The molecule has 0 bridgehead atoms. The van der Waals surface area contributed by atoms with Gasteiger partial charge in [-0.3, -0.25) is 4.79 Å². The van der Waals surface area contributed by atoms with E-state index in [0.29, 0.717) is 17.3 Å². The summed E-state index contributed by atoms with van der Waals surface area (Å²) in [6.45, 7) is 2.11. The van der Waals surface area contributed by atoms with Crippen LogP contribution in [-0.2, 0) is 11.2 Å². The van der Waals surface area contributed by atoms with Crippen molar-refractivity contribution in [3.8, 4) is 0 Å². The molecule has 2 heterocycles. The number of aryl methyl sites for hydroxylation is 1. The molecule has 1 amide bonds. The maximum Gasteiger partial charge on any atom is 0.253 e. The SMILES string of the molecule is CCc1ccc(C2=NN(c3ccnc(Cl)c3)C(=O)C2)cc1. The first kappa shape index (κ1) is 13.8. The number of rotatable bonds is 3. The molecule has 0 spiro atoms. The molecule has 2 aromatic rings. The molecule has 0 radical (unpaired) electrons. The summed E-state index contributed by atoms with van der Waals surface area (Å²) in [6.07, 6.45) is 2.85. The summed E-state index contributed by atoms with van der Waals surface area (Å²) in [6, 6.07) is 11.5. The van der Waals surface area contributed by atoms with Crippen molar-refractivity contribution in [2.24, 2.45) is 5.10 Å². The highest BCUT2D eigenvalue weighted by atomic mass is 35.5. The molecule has 0 saturated carbocycles. The molecule has 0 aliphatic carbocycles. The number of hydrogen-bond donors (Lipinski definition) is 0. The van der Waals surface area contributed by atoms with Crippen molar-refractivity contribution in [3.05, 3.63) is 58.9 Å². The van der Waals surface area contributed by atoms with Crippen molar-refractivity contribution in [1.29, 1.82) is 0 Å². The number of anilines is 1. The van der Waals surface area contributed by atoms with Crippen LogP contribution in [0.25, 0.3) is 0 Å². The largest absolute Gasteiger partial charge is 0.272 e. The predicted octanol–water partition coefficient (Wildman–Crippen LogP) is 3.44. The highest BCUT2D eigenvalue weighted by Crippen LogP contribution is 2.24. The van der Waals surface area contributed by atoms with Crippen LogP contribution in [0.4, 0.5) is 5.69 Å². The van der Waals surface area contributed by atoms with Gasteiger partial charge in [0, 0.05) is 12.3 Å². The monoisotopic (exact) mass is 299 g/mol. The number of pyridine rings is 1. The van der Waals surface area contributed by atoms with Crippen LogP contribution in [0, 0.1) is 0 Å². The summed E-state index contributed by atoms with van der Waals surface area (Å²) in [5.74, 6) is -0.0631. The first-order chi connectivity index (χ1) is 10.2. The third-order valence-electron chi connectivity index (χ3n) is 3.43. The van der Waals surface area contributed by atoms with E-state index in [0.717, 1.165) is 17.7 Å². The number of carbonyl (C=O) groups excluding carboxylic acids is 1. The Balaban J connectivity index is 1.91. The van der Waals surface area contributed by atoms with Crippen molar-refractivity contribution in [3.63, 3.8) is 0 Å². The molecule has 21 heavy (non-hydrogen) atoms. The lowest BCUT2D eigenvalue weighted by Gasteiger charge is -2.10. The number of amides is 1. The molecule has 3 rings (SSSR count). The number of halogens is 1. The Labute approximate surface area is 128 Å². The minimum Gasteiger partial charge on any atom is -0.272 e. The Bertz CT molecular complexity index is 710. The fourth-order valence-electron chi connectivity index (χ4n) is 2.25. The average Bonchev–Trinajstić information content (AvgIpc) is 2.89. The average molecular weight is 300 g/mol. The topological polar surface area (TPSA) is 45.6 Å². The molecule has 1 aliphatic rings. The summed E-state index contributed by atoms with van der Waals surface area (Å²) in [7, 11) is 0. The van der Waals surface area contributed by atoms with Gasteiger partial charge in [0.05, 0.1) is 17.8 Å². The van der Waals surface area contributed by atoms with Gasteiger partial charge >= 0.3 is 0 Å². The maximum atomic E-state index is 12.1. The maximum absolute atomic E-state index is 12.1. The lowest BCUT2D eigenvalue weighted by molar-refractivity contribution is -0.116. The Hall–Kier alpha value is -2.20. The van der Waals surface area contributed by atoms with Gasteiger partial charge in [0.25, 0.3) is 5.91 Å². The molecule has 0 unspecified atom stereocenters. The quantitative estimate of drug-likeness (QED) is 0.815. The van der Waals surface area contributed by atoms with Gasteiger partial charge in [0.1, 0.15) is 5.15 Å². The van der Waals surface area contributed by atoms with Crippen molar-refractivity contribution >= 4 is 28.9 Å².